The van der Waals surface area contributed by atoms with Gasteiger partial charge in [0, 0.05) is 26.2 Å². The van der Waals surface area contributed by atoms with E-state index in [4.69, 9.17) is 4.74 Å². The fourth-order valence-corrected chi connectivity index (χ4v) is 1.24. The van der Waals surface area contributed by atoms with Crippen molar-refractivity contribution in [2.45, 2.75) is 20.0 Å². The molecule has 1 rings (SSSR count). The minimum Gasteiger partial charge on any atom is -0.475 e. The summed E-state index contributed by atoms with van der Waals surface area (Å²) >= 11 is 0. The van der Waals surface area contributed by atoms with Crippen molar-refractivity contribution >= 4 is 5.82 Å². The summed E-state index contributed by atoms with van der Waals surface area (Å²) in [6, 6.07) is 1.86. The number of ether oxygens (including phenoxy) is 1. The van der Waals surface area contributed by atoms with Gasteiger partial charge in [-0.1, -0.05) is 0 Å². The molecule has 90 valence electrons. The van der Waals surface area contributed by atoms with E-state index in [2.05, 4.69) is 20.2 Å². The second-order valence-electron chi connectivity index (χ2n) is 3.91. The molecule has 0 saturated carbocycles. The summed E-state index contributed by atoms with van der Waals surface area (Å²) in [4.78, 5) is 10.3. The van der Waals surface area contributed by atoms with Crippen molar-refractivity contribution in [1.29, 1.82) is 0 Å². The van der Waals surface area contributed by atoms with Crippen LogP contribution in [0.15, 0.2) is 12.4 Å². The zero-order valence-corrected chi connectivity index (χ0v) is 10.4. The summed E-state index contributed by atoms with van der Waals surface area (Å²) in [5, 5.41) is 3.10. The van der Waals surface area contributed by atoms with Gasteiger partial charge in [0.05, 0.1) is 6.10 Å². The Kier molecular flexibility index (Phi) is 4.98. The first-order valence-electron chi connectivity index (χ1n) is 5.48. The minimum absolute atomic E-state index is 0.130. The van der Waals surface area contributed by atoms with Crippen molar-refractivity contribution in [2.24, 2.45) is 0 Å². The fourth-order valence-electron chi connectivity index (χ4n) is 1.24. The second-order valence-corrected chi connectivity index (χ2v) is 3.91. The van der Waals surface area contributed by atoms with E-state index in [0.717, 1.165) is 18.9 Å². The van der Waals surface area contributed by atoms with E-state index in [0.29, 0.717) is 5.88 Å². The molecule has 0 radical (unpaired) electrons. The molecular weight excluding hydrogens is 204 g/mol. The van der Waals surface area contributed by atoms with Crippen LogP contribution in [0.3, 0.4) is 0 Å². The molecule has 1 N–H and O–H groups in total. The first-order valence-corrected chi connectivity index (χ1v) is 5.48. The van der Waals surface area contributed by atoms with Crippen molar-refractivity contribution in [2.75, 3.05) is 32.1 Å². The van der Waals surface area contributed by atoms with Crippen LogP contribution in [0.25, 0.3) is 0 Å². The van der Waals surface area contributed by atoms with Gasteiger partial charge in [-0.3, -0.25) is 0 Å². The Morgan fingerprint density at radius 1 is 1.44 bits per heavy atom. The molecule has 0 atom stereocenters. The predicted molar refractivity (Wildman–Crippen MR) is 65.0 cm³/mol. The van der Waals surface area contributed by atoms with Crippen LogP contribution in [0.2, 0.25) is 0 Å². The first-order chi connectivity index (χ1) is 7.63. The van der Waals surface area contributed by atoms with E-state index in [1.54, 1.807) is 0 Å². The van der Waals surface area contributed by atoms with Crippen molar-refractivity contribution in [3.05, 3.63) is 12.4 Å². The van der Waals surface area contributed by atoms with Crippen LogP contribution < -0.4 is 15.0 Å². The number of nitrogens with zero attached hydrogens (tertiary/aromatic N) is 3. The van der Waals surface area contributed by atoms with Gasteiger partial charge in [-0.25, -0.2) is 9.97 Å². The summed E-state index contributed by atoms with van der Waals surface area (Å²) in [5.74, 6) is 1.50. The fraction of sp³-hybridized carbons (Fsp3) is 0.636. The van der Waals surface area contributed by atoms with Crippen LogP contribution >= 0.6 is 0 Å². The molecule has 0 unspecified atom stereocenters. The van der Waals surface area contributed by atoms with Gasteiger partial charge in [0.2, 0.25) is 5.88 Å². The van der Waals surface area contributed by atoms with Gasteiger partial charge in [0.25, 0.3) is 0 Å². The van der Waals surface area contributed by atoms with E-state index in [1.807, 2.05) is 34.0 Å². The molecule has 1 heterocycles. The maximum absolute atomic E-state index is 5.52. The summed E-state index contributed by atoms with van der Waals surface area (Å²) in [6.07, 6.45) is 1.66. The van der Waals surface area contributed by atoms with Crippen molar-refractivity contribution in [1.82, 2.24) is 15.3 Å². The Balaban J connectivity index is 2.65. The number of hydrogen-bond donors (Lipinski definition) is 1. The largest absolute Gasteiger partial charge is 0.475 e. The Hall–Kier alpha value is -1.36. The van der Waals surface area contributed by atoms with E-state index < -0.39 is 0 Å². The molecule has 16 heavy (non-hydrogen) atoms. The lowest BCUT2D eigenvalue weighted by Crippen LogP contribution is -2.27. The van der Waals surface area contributed by atoms with Crippen molar-refractivity contribution in [3.8, 4) is 5.88 Å². The number of hydrogen-bond acceptors (Lipinski definition) is 5. The minimum atomic E-state index is 0.130. The highest BCUT2D eigenvalue weighted by Crippen LogP contribution is 2.15. The number of nitrogens with one attached hydrogen (secondary N) is 1. The summed E-state index contributed by atoms with van der Waals surface area (Å²) in [6.45, 7) is 5.77. The molecule has 0 aliphatic rings. The number of aromatic nitrogens is 2. The highest BCUT2D eigenvalue weighted by Gasteiger charge is 2.05. The van der Waals surface area contributed by atoms with Crippen molar-refractivity contribution in [3.63, 3.8) is 0 Å². The summed E-state index contributed by atoms with van der Waals surface area (Å²) in [5.41, 5.74) is 0. The van der Waals surface area contributed by atoms with E-state index in [-0.39, 0.29) is 6.10 Å². The van der Waals surface area contributed by atoms with Crippen LogP contribution in [-0.2, 0) is 0 Å². The molecule has 0 amide bonds. The lowest BCUT2D eigenvalue weighted by atomic mass is 10.4. The van der Waals surface area contributed by atoms with Crippen molar-refractivity contribution < 1.29 is 4.74 Å². The normalized spacial score (nSPS) is 10.6. The van der Waals surface area contributed by atoms with E-state index >= 15 is 0 Å². The maximum atomic E-state index is 5.52. The van der Waals surface area contributed by atoms with Gasteiger partial charge < -0.3 is 15.0 Å². The molecule has 1 aromatic heterocycles. The Morgan fingerprint density at radius 3 is 2.81 bits per heavy atom. The molecule has 0 saturated heterocycles. The quantitative estimate of drug-likeness (QED) is 0.778. The standard InChI is InChI=1S/C11H20N4O/c1-9(2)16-11-7-10(13-8-14-11)15(4)6-5-12-3/h7-9,12H,5-6H2,1-4H3. The van der Waals surface area contributed by atoms with Crippen LogP contribution in [-0.4, -0.2) is 43.3 Å². The first kappa shape index (κ1) is 12.7. The molecule has 0 bridgehead atoms. The van der Waals surface area contributed by atoms with Gasteiger partial charge in [0.1, 0.15) is 12.1 Å². The third kappa shape index (κ3) is 4.02. The van der Waals surface area contributed by atoms with Gasteiger partial charge in [-0.15, -0.1) is 0 Å². The van der Waals surface area contributed by atoms with Crippen LogP contribution in [0, 0.1) is 0 Å². The average Bonchev–Trinajstić information content (AvgIpc) is 2.25. The van der Waals surface area contributed by atoms with Gasteiger partial charge in [-0.2, -0.15) is 0 Å². The molecular formula is C11H20N4O. The second kappa shape index (κ2) is 6.27. The lowest BCUT2D eigenvalue weighted by molar-refractivity contribution is 0.232. The molecule has 1 aromatic rings. The molecule has 0 aliphatic heterocycles. The molecule has 0 aliphatic carbocycles. The third-order valence-electron chi connectivity index (χ3n) is 2.07. The van der Waals surface area contributed by atoms with E-state index in [9.17, 15) is 0 Å². The number of rotatable bonds is 6. The summed E-state index contributed by atoms with van der Waals surface area (Å²) in [7, 11) is 3.93. The highest BCUT2D eigenvalue weighted by atomic mass is 16.5. The van der Waals surface area contributed by atoms with Crippen LogP contribution in [0.5, 0.6) is 5.88 Å². The Morgan fingerprint density at radius 2 is 2.19 bits per heavy atom. The molecule has 5 heteroatoms. The summed E-state index contributed by atoms with van der Waals surface area (Å²) < 4.78 is 5.52. The predicted octanol–water partition coefficient (Wildman–Crippen LogP) is 0.919. The lowest BCUT2D eigenvalue weighted by Gasteiger charge is -2.18. The third-order valence-corrected chi connectivity index (χ3v) is 2.07. The molecule has 0 fully saturated rings. The molecule has 5 nitrogen and oxygen atoms in total. The monoisotopic (exact) mass is 224 g/mol. The zero-order valence-electron chi connectivity index (χ0n) is 10.4. The maximum Gasteiger partial charge on any atom is 0.218 e. The SMILES string of the molecule is CNCCN(C)c1cc(OC(C)C)ncn1. The number of anilines is 1. The van der Waals surface area contributed by atoms with Gasteiger partial charge in [-0.05, 0) is 20.9 Å². The molecule has 0 aromatic carbocycles. The highest BCUT2D eigenvalue weighted by molar-refractivity contribution is 5.39. The van der Waals surface area contributed by atoms with Crippen LogP contribution in [0.1, 0.15) is 13.8 Å². The number of likely N-dealkylation sites (N-methyl/N-ethyl adjacent to an activating group) is 2. The van der Waals surface area contributed by atoms with Crippen LogP contribution in [0.4, 0.5) is 5.82 Å². The zero-order chi connectivity index (χ0) is 12.0. The average molecular weight is 224 g/mol. The Bertz CT molecular complexity index is 317. The molecule has 0 spiro atoms. The van der Waals surface area contributed by atoms with E-state index in [1.165, 1.54) is 6.33 Å². The Labute approximate surface area is 96.8 Å². The van der Waals surface area contributed by atoms with Gasteiger partial charge in [0.15, 0.2) is 0 Å². The smallest absolute Gasteiger partial charge is 0.218 e. The topological polar surface area (TPSA) is 50.3 Å². The van der Waals surface area contributed by atoms with Gasteiger partial charge >= 0.3 is 0 Å².